The lowest BCUT2D eigenvalue weighted by Gasteiger charge is -1.93. The van der Waals surface area contributed by atoms with E-state index in [4.69, 9.17) is 4.42 Å². The third-order valence-corrected chi connectivity index (χ3v) is 1.45. The van der Waals surface area contributed by atoms with Gasteiger partial charge in [-0.1, -0.05) is 13.8 Å². The van der Waals surface area contributed by atoms with Crippen molar-refractivity contribution in [1.29, 1.82) is 0 Å². The van der Waals surface area contributed by atoms with Crippen LogP contribution in [0.15, 0.2) is 4.42 Å². The van der Waals surface area contributed by atoms with Crippen molar-refractivity contribution in [2.45, 2.75) is 26.7 Å². The zero-order chi connectivity index (χ0) is 8.43. The molecule has 60 valence electrons. The molecule has 0 aliphatic heterocycles. The highest BCUT2D eigenvalue weighted by Crippen LogP contribution is 2.15. The molecule has 0 spiro atoms. The summed E-state index contributed by atoms with van der Waals surface area (Å²) in [6.45, 7) is 5.71. The summed E-state index contributed by atoms with van der Waals surface area (Å²) in [6.07, 6.45) is 0.689. The van der Waals surface area contributed by atoms with Gasteiger partial charge in [-0.3, -0.25) is 4.79 Å². The standard InChI is InChI=1S/C8H11NO2/c1-5(2)8-9-6(3)7(4-10)11-8/h4-5H,1-3H3. The van der Waals surface area contributed by atoms with Gasteiger partial charge in [0.15, 0.2) is 17.9 Å². The molecule has 0 radical (unpaired) electrons. The first kappa shape index (κ1) is 7.98. The highest BCUT2D eigenvalue weighted by Gasteiger charge is 2.10. The fraction of sp³-hybridized carbons (Fsp3) is 0.500. The Balaban J connectivity index is 3.04. The van der Waals surface area contributed by atoms with E-state index in [9.17, 15) is 4.79 Å². The van der Waals surface area contributed by atoms with E-state index in [1.54, 1.807) is 6.92 Å². The number of nitrogens with zero attached hydrogens (tertiary/aromatic N) is 1. The van der Waals surface area contributed by atoms with E-state index in [2.05, 4.69) is 4.98 Å². The number of aldehydes is 1. The Morgan fingerprint density at radius 2 is 2.18 bits per heavy atom. The summed E-state index contributed by atoms with van der Waals surface area (Å²) in [4.78, 5) is 14.4. The molecule has 3 nitrogen and oxygen atoms in total. The second-order valence-corrected chi connectivity index (χ2v) is 2.77. The van der Waals surface area contributed by atoms with Crippen LogP contribution in [0.5, 0.6) is 0 Å². The van der Waals surface area contributed by atoms with Crippen LogP contribution in [-0.2, 0) is 0 Å². The molecule has 0 saturated carbocycles. The van der Waals surface area contributed by atoms with Gasteiger partial charge in [0, 0.05) is 5.92 Å². The van der Waals surface area contributed by atoms with Crippen LogP contribution in [0.3, 0.4) is 0 Å². The monoisotopic (exact) mass is 153 g/mol. The van der Waals surface area contributed by atoms with Gasteiger partial charge in [0.2, 0.25) is 0 Å². The van der Waals surface area contributed by atoms with Gasteiger partial charge in [-0.15, -0.1) is 0 Å². The maximum Gasteiger partial charge on any atom is 0.197 e. The van der Waals surface area contributed by atoms with Crippen LogP contribution < -0.4 is 0 Å². The molecule has 0 bridgehead atoms. The molecule has 0 N–H and O–H groups in total. The Hall–Kier alpha value is -1.12. The quantitative estimate of drug-likeness (QED) is 0.609. The summed E-state index contributed by atoms with van der Waals surface area (Å²) in [6, 6.07) is 0. The molecule has 3 heteroatoms. The molecule has 0 amide bonds. The van der Waals surface area contributed by atoms with Gasteiger partial charge in [-0.25, -0.2) is 4.98 Å². The summed E-state index contributed by atoms with van der Waals surface area (Å²) in [5.74, 6) is 1.21. The molecule has 1 aromatic rings. The third kappa shape index (κ3) is 1.48. The van der Waals surface area contributed by atoms with Crippen molar-refractivity contribution in [2.75, 3.05) is 0 Å². The summed E-state index contributed by atoms with van der Waals surface area (Å²) in [5, 5.41) is 0. The minimum Gasteiger partial charge on any atom is -0.437 e. The molecule has 1 heterocycles. The fourth-order valence-electron chi connectivity index (χ4n) is 0.786. The molecule has 0 fully saturated rings. The number of aromatic nitrogens is 1. The minimum absolute atomic E-state index is 0.238. The van der Waals surface area contributed by atoms with E-state index in [-0.39, 0.29) is 5.92 Å². The maximum atomic E-state index is 10.3. The van der Waals surface area contributed by atoms with Crippen LogP contribution in [0.2, 0.25) is 0 Å². The van der Waals surface area contributed by atoms with Crippen LogP contribution in [0.4, 0.5) is 0 Å². The second kappa shape index (κ2) is 2.86. The summed E-state index contributed by atoms with van der Waals surface area (Å²) in [5.41, 5.74) is 0.670. The van der Waals surface area contributed by atoms with Crippen molar-refractivity contribution >= 4 is 6.29 Å². The average molecular weight is 153 g/mol. The van der Waals surface area contributed by atoms with Gasteiger partial charge in [-0.05, 0) is 6.92 Å². The van der Waals surface area contributed by atoms with Crippen LogP contribution in [0.1, 0.15) is 41.9 Å². The van der Waals surface area contributed by atoms with Gasteiger partial charge in [0.1, 0.15) is 0 Å². The molecule has 1 rings (SSSR count). The molecule has 0 unspecified atom stereocenters. The topological polar surface area (TPSA) is 43.1 Å². The van der Waals surface area contributed by atoms with Gasteiger partial charge in [0.25, 0.3) is 0 Å². The van der Waals surface area contributed by atoms with Crippen molar-refractivity contribution in [3.05, 3.63) is 17.3 Å². The molecule has 0 aliphatic carbocycles. The van der Waals surface area contributed by atoms with E-state index < -0.39 is 0 Å². The zero-order valence-electron chi connectivity index (χ0n) is 6.92. The van der Waals surface area contributed by atoms with Crippen LogP contribution in [0.25, 0.3) is 0 Å². The van der Waals surface area contributed by atoms with Crippen LogP contribution in [0, 0.1) is 6.92 Å². The lowest BCUT2D eigenvalue weighted by atomic mass is 10.2. The van der Waals surface area contributed by atoms with Crippen molar-refractivity contribution in [2.24, 2.45) is 0 Å². The minimum atomic E-state index is 0.238. The lowest BCUT2D eigenvalue weighted by Crippen LogP contribution is -1.85. The summed E-state index contributed by atoms with van der Waals surface area (Å²) < 4.78 is 5.15. The van der Waals surface area contributed by atoms with Gasteiger partial charge in [0.05, 0.1) is 5.69 Å². The molecule has 0 aromatic carbocycles. The van der Waals surface area contributed by atoms with E-state index in [0.29, 0.717) is 23.6 Å². The van der Waals surface area contributed by atoms with Crippen molar-refractivity contribution < 1.29 is 9.21 Å². The SMILES string of the molecule is Cc1nc(C(C)C)oc1C=O. The largest absolute Gasteiger partial charge is 0.437 e. The first-order valence-electron chi connectivity index (χ1n) is 3.57. The van der Waals surface area contributed by atoms with E-state index in [1.807, 2.05) is 13.8 Å². The number of oxazole rings is 1. The molecule has 0 atom stereocenters. The highest BCUT2D eigenvalue weighted by atomic mass is 16.4. The van der Waals surface area contributed by atoms with Crippen molar-refractivity contribution in [1.82, 2.24) is 4.98 Å². The normalized spacial score (nSPS) is 10.5. The predicted molar refractivity (Wildman–Crippen MR) is 40.7 cm³/mol. The third-order valence-electron chi connectivity index (χ3n) is 1.45. The highest BCUT2D eigenvalue weighted by molar-refractivity contribution is 5.71. The number of hydrogen-bond acceptors (Lipinski definition) is 3. The number of rotatable bonds is 2. The van der Waals surface area contributed by atoms with Crippen molar-refractivity contribution in [3.63, 3.8) is 0 Å². The number of aryl methyl sites for hydroxylation is 1. The maximum absolute atomic E-state index is 10.3. The summed E-state index contributed by atoms with van der Waals surface area (Å²) >= 11 is 0. The Morgan fingerprint density at radius 1 is 1.55 bits per heavy atom. The molecular formula is C8H11NO2. The Kier molecular flexibility index (Phi) is 2.08. The van der Waals surface area contributed by atoms with Crippen LogP contribution in [-0.4, -0.2) is 11.3 Å². The predicted octanol–water partition coefficient (Wildman–Crippen LogP) is 1.92. The Bertz CT molecular complexity index is 263. The molecule has 0 saturated heterocycles. The number of hydrogen-bond donors (Lipinski definition) is 0. The van der Waals surface area contributed by atoms with E-state index in [1.165, 1.54) is 0 Å². The van der Waals surface area contributed by atoms with Gasteiger partial charge in [-0.2, -0.15) is 0 Å². The van der Waals surface area contributed by atoms with Crippen molar-refractivity contribution in [3.8, 4) is 0 Å². The molecule has 11 heavy (non-hydrogen) atoms. The Labute approximate surface area is 65.4 Å². The lowest BCUT2D eigenvalue weighted by molar-refractivity contribution is 0.109. The first-order chi connectivity index (χ1) is 5.15. The number of carbonyl (C=O) groups is 1. The van der Waals surface area contributed by atoms with Crippen LogP contribution >= 0.6 is 0 Å². The second-order valence-electron chi connectivity index (χ2n) is 2.77. The summed E-state index contributed by atoms with van der Waals surface area (Å²) in [7, 11) is 0. The molecular weight excluding hydrogens is 142 g/mol. The van der Waals surface area contributed by atoms with E-state index >= 15 is 0 Å². The average Bonchev–Trinajstić information content (AvgIpc) is 2.31. The molecule has 1 aromatic heterocycles. The van der Waals surface area contributed by atoms with Gasteiger partial charge >= 0.3 is 0 Å². The number of carbonyl (C=O) groups excluding carboxylic acids is 1. The zero-order valence-corrected chi connectivity index (χ0v) is 6.92. The Morgan fingerprint density at radius 3 is 2.45 bits per heavy atom. The van der Waals surface area contributed by atoms with E-state index in [0.717, 1.165) is 0 Å². The fourth-order valence-corrected chi connectivity index (χ4v) is 0.786. The van der Waals surface area contributed by atoms with Gasteiger partial charge < -0.3 is 4.42 Å². The first-order valence-corrected chi connectivity index (χ1v) is 3.57. The smallest absolute Gasteiger partial charge is 0.197 e. The molecule has 0 aliphatic rings.